The van der Waals surface area contributed by atoms with E-state index in [0.717, 1.165) is 24.0 Å². The molecule has 0 radical (unpaired) electrons. The molecule has 3 aliphatic rings. The first-order valence-corrected chi connectivity index (χ1v) is 9.64. The van der Waals surface area contributed by atoms with E-state index in [1.165, 1.54) is 4.90 Å². The van der Waals surface area contributed by atoms with Gasteiger partial charge in [0.05, 0.1) is 12.7 Å². The number of primary amides is 1. The Labute approximate surface area is 158 Å². The standard InChI is InChI=1S/C20H26N4O3/c1-13-6-8-20(9-7-13)18(26)24(19(27)22-20)12-23-11-15-5-3-2-4-14(15)10-16(23)17(21)25/h2-5,13,16H,6-12H2,1H3,(H2,21,25)(H,22,27)/t13?,16-,20?/m0/s1. The molecule has 1 saturated carbocycles. The molecule has 1 aromatic rings. The zero-order chi connectivity index (χ0) is 19.2. The van der Waals surface area contributed by atoms with Crippen LogP contribution in [0.2, 0.25) is 0 Å². The van der Waals surface area contributed by atoms with Gasteiger partial charge in [-0.15, -0.1) is 0 Å². The van der Waals surface area contributed by atoms with Crippen molar-refractivity contribution in [2.45, 2.75) is 57.2 Å². The Hall–Kier alpha value is -2.41. The fourth-order valence-corrected chi connectivity index (χ4v) is 4.59. The third-order valence-electron chi connectivity index (χ3n) is 6.37. The average molecular weight is 370 g/mol. The van der Waals surface area contributed by atoms with E-state index in [1.54, 1.807) is 0 Å². The maximum Gasteiger partial charge on any atom is 0.326 e. The zero-order valence-electron chi connectivity index (χ0n) is 15.6. The Morgan fingerprint density at radius 3 is 2.56 bits per heavy atom. The molecule has 144 valence electrons. The van der Waals surface area contributed by atoms with Gasteiger partial charge in [0.15, 0.2) is 0 Å². The molecule has 1 aliphatic carbocycles. The highest BCUT2D eigenvalue weighted by molar-refractivity contribution is 6.07. The largest absolute Gasteiger partial charge is 0.368 e. The van der Waals surface area contributed by atoms with E-state index < -0.39 is 17.5 Å². The molecule has 3 N–H and O–H groups in total. The van der Waals surface area contributed by atoms with E-state index >= 15 is 0 Å². The van der Waals surface area contributed by atoms with Gasteiger partial charge in [0.2, 0.25) is 5.91 Å². The van der Waals surface area contributed by atoms with Crippen LogP contribution in [0, 0.1) is 5.92 Å². The number of amides is 4. The molecule has 7 nitrogen and oxygen atoms in total. The summed E-state index contributed by atoms with van der Waals surface area (Å²) in [7, 11) is 0. The number of hydrogen-bond donors (Lipinski definition) is 2. The number of carbonyl (C=O) groups is 3. The first-order chi connectivity index (χ1) is 12.9. The number of hydrogen-bond acceptors (Lipinski definition) is 4. The summed E-state index contributed by atoms with van der Waals surface area (Å²) in [5.74, 6) is -0.0218. The molecular weight excluding hydrogens is 344 g/mol. The second-order valence-electron chi connectivity index (χ2n) is 8.21. The number of nitrogens with one attached hydrogen (secondary N) is 1. The number of benzene rings is 1. The second-order valence-corrected chi connectivity index (χ2v) is 8.21. The van der Waals surface area contributed by atoms with Crippen molar-refractivity contribution in [1.29, 1.82) is 0 Å². The van der Waals surface area contributed by atoms with Crippen LogP contribution in [0.1, 0.15) is 43.7 Å². The van der Waals surface area contributed by atoms with Crippen LogP contribution in [0.4, 0.5) is 4.79 Å². The maximum atomic E-state index is 13.1. The highest BCUT2D eigenvalue weighted by Gasteiger charge is 2.52. The molecule has 0 aromatic heterocycles. The molecule has 1 aromatic carbocycles. The molecule has 2 heterocycles. The van der Waals surface area contributed by atoms with E-state index in [0.29, 0.717) is 31.7 Å². The molecule has 1 atom stereocenters. The maximum absolute atomic E-state index is 13.1. The van der Waals surface area contributed by atoms with Gasteiger partial charge >= 0.3 is 6.03 Å². The molecule has 7 heteroatoms. The summed E-state index contributed by atoms with van der Waals surface area (Å²) in [5.41, 5.74) is 7.05. The van der Waals surface area contributed by atoms with Crippen LogP contribution in [0.3, 0.4) is 0 Å². The molecule has 27 heavy (non-hydrogen) atoms. The minimum atomic E-state index is -0.764. The lowest BCUT2D eigenvalue weighted by Crippen LogP contribution is -2.54. The molecule has 0 bridgehead atoms. The number of rotatable bonds is 3. The average Bonchev–Trinajstić information content (AvgIpc) is 2.88. The minimum absolute atomic E-state index is 0.0872. The van der Waals surface area contributed by atoms with Gasteiger partial charge in [0.25, 0.3) is 5.91 Å². The summed E-state index contributed by atoms with van der Waals surface area (Å²) in [5, 5.41) is 2.94. The van der Waals surface area contributed by atoms with Crippen LogP contribution in [-0.2, 0) is 22.6 Å². The monoisotopic (exact) mass is 370 g/mol. The zero-order valence-corrected chi connectivity index (χ0v) is 15.6. The van der Waals surface area contributed by atoms with Gasteiger partial charge in [-0.1, -0.05) is 31.2 Å². The Balaban J connectivity index is 1.55. The fraction of sp³-hybridized carbons (Fsp3) is 0.550. The molecule has 0 unspecified atom stereocenters. The van der Waals surface area contributed by atoms with Gasteiger partial charge in [-0.3, -0.25) is 14.5 Å². The summed E-state index contributed by atoms with van der Waals surface area (Å²) in [6.07, 6.45) is 3.72. The Morgan fingerprint density at radius 2 is 1.89 bits per heavy atom. The molecule has 1 spiro atoms. The van der Waals surface area contributed by atoms with E-state index in [9.17, 15) is 14.4 Å². The Bertz CT molecular complexity index is 785. The van der Waals surface area contributed by atoms with Crippen molar-refractivity contribution in [3.63, 3.8) is 0 Å². The highest BCUT2D eigenvalue weighted by atomic mass is 16.2. The van der Waals surface area contributed by atoms with E-state index in [4.69, 9.17) is 5.73 Å². The fourth-order valence-electron chi connectivity index (χ4n) is 4.59. The summed E-state index contributed by atoms with van der Waals surface area (Å²) in [6, 6.07) is 7.01. The predicted octanol–water partition coefficient (Wildman–Crippen LogP) is 1.36. The van der Waals surface area contributed by atoms with Crippen LogP contribution >= 0.6 is 0 Å². The number of carbonyl (C=O) groups excluding carboxylic acids is 3. The number of nitrogens with two attached hydrogens (primary N) is 1. The number of imide groups is 1. The summed E-state index contributed by atoms with van der Waals surface area (Å²) >= 11 is 0. The smallest absolute Gasteiger partial charge is 0.326 e. The van der Waals surface area contributed by atoms with Crippen molar-refractivity contribution in [2.24, 2.45) is 11.7 Å². The Morgan fingerprint density at radius 1 is 1.22 bits per heavy atom. The van der Waals surface area contributed by atoms with Crippen LogP contribution < -0.4 is 11.1 Å². The lowest BCUT2D eigenvalue weighted by atomic mass is 9.77. The van der Waals surface area contributed by atoms with Crippen LogP contribution in [0.15, 0.2) is 24.3 Å². The third kappa shape index (κ3) is 3.10. The van der Waals surface area contributed by atoms with Gasteiger partial charge in [-0.25, -0.2) is 9.69 Å². The van der Waals surface area contributed by atoms with Crippen molar-refractivity contribution in [3.05, 3.63) is 35.4 Å². The van der Waals surface area contributed by atoms with E-state index in [1.807, 2.05) is 29.2 Å². The lowest BCUT2D eigenvalue weighted by molar-refractivity contribution is -0.136. The molecule has 4 amide bonds. The quantitative estimate of drug-likeness (QED) is 0.785. The van der Waals surface area contributed by atoms with Crippen molar-refractivity contribution in [1.82, 2.24) is 15.1 Å². The molecule has 4 rings (SSSR count). The van der Waals surface area contributed by atoms with Crippen molar-refractivity contribution < 1.29 is 14.4 Å². The topological polar surface area (TPSA) is 95.7 Å². The summed E-state index contributed by atoms with van der Waals surface area (Å²) < 4.78 is 0. The van der Waals surface area contributed by atoms with E-state index in [2.05, 4.69) is 12.2 Å². The van der Waals surface area contributed by atoms with Crippen molar-refractivity contribution in [2.75, 3.05) is 6.67 Å². The highest BCUT2D eigenvalue weighted by Crippen LogP contribution is 2.36. The van der Waals surface area contributed by atoms with Crippen molar-refractivity contribution >= 4 is 17.8 Å². The van der Waals surface area contributed by atoms with Crippen LogP contribution in [0.5, 0.6) is 0 Å². The first-order valence-electron chi connectivity index (χ1n) is 9.64. The normalized spacial score (nSPS) is 31.1. The van der Waals surface area contributed by atoms with E-state index in [-0.39, 0.29) is 18.6 Å². The number of urea groups is 1. The van der Waals surface area contributed by atoms with Crippen molar-refractivity contribution in [3.8, 4) is 0 Å². The van der Waals surface area contributed by atoms with Gasteiger partial charge in [0.1, 0.15) is 5.54 Å². The third-order valence-corrected chi connectivity index (χ3v) is 6.37. The number of fused-ring (bicyclic) bond motifs is 1. The second kappa shape index (κ2) is 6.64. The summed E-state index contributed by atoms with van der Waals surface area (Å²) in [6.45, 7) is 2.75. The molecule has 2 aliphatic heterocycles. The predicted molar refractivity (Wildman–Crippen MR) is 99.3 cm³/mol. The molecular formula is C20H26N4O3. The first kappa shape index (κ1) is 18.0. The number of nitrogens with zero attached hydrogens (tertiary/aromatic N) is 2. The minimum Gasteiger partial charge on any atom is -0.368 e. The SMILES string of the molecule is CC1CCC2(CC1)NC(=O)N(CN1Cc3ccccc3C[C@H]1C(N)=O)C2=O. The van der Waals surface area contributed by atoms with Gasteiger partial charge in [-0.05, 0) is 49.1 Å². The van der Waals surface area contributed by atoms with Gasteiger partial charge < -0.3 is 11.1 Å². The Kier molecular flexibility index (Phi) is 4.42. The summed E-state index contributed by atoms with van der Waals surface area (Å²) in [4.78, 5) is 40.8. The van der Waals surface area contributed by atoms with Crippen LogP contribution in [-0.4, -0.2) is 45.9 Å². The van der Waals surface area contributed by atoms with Gasteiger partial charge in [0, 0.05) is 6.54 Å². The lowest BCUT2D eigenvalue weighted by Gasteiger charge is -2.37. The van der Waals surface area contributed by atoms with Crippen LogP contribution in [0.25, 0.3) is 0 Å². The van der Waals surface area contributed by atoms with Gasteiger partial charge in [-0.2, -0.15) is 0 Å². The molecule has 1 saturated heterocycles. The molecule has 2 fully saturated rings.